The molecule has 0 amide bonds. The molecule has 0 unspecified atom stereocenters. The molecule has 2 aromatic carbocycles. The predicted octanol–water partition coefficient (Wildman–Crippen LogP) is 4.45. The Morgan fingerprint density at radius 3 is 2.69 bits per heavy atom. The smallest absolute Gasteiger partial charge is 0.310 e. The highest BCUT2D eigenvalue weighted by Gasteiger charge is 2.20. The topological polar surface area (TPSA) is 54.6 Å². The Morgan fingerprint density at radius 2 is 1.92 bits per heavy atom. The number of aromatic nitrogens is 1. The zero-order chi connectivity index (χ0) is 18.3. The first-order valence-corrected chi connectivity index (χ1v) is 8.88. The van der Waals surface area contributed by atoms with Gasteiger partial charge in [0.25, 0.3) is 0 Å². The molecule has 6 heteroatoms. The maximum absolute atomic E-state index is 13.0. The van der Waals surface area contributed by atoms with E-state index in [1.165, 1.54) is 16.7 Å². The van der Waals surface area contributed by atoms with Crippen molar-refractivity contribution in [1.29, 1.82) is 0 Å². The van der Waals surface area contributed by atoms with Crippen LogP contribution < -0.4 is 4.87 Å². The highest BCUT2D eigenvalue weighted by molar-refractivity contribution is 7.10. The van der Waals surface area contributed by atoms with E-state index >= 15 is 0 Å². The Bertz CT molecular complexity index is 1110. The van der Waals surface area contributed by atoms with Crippen molar-refractivity contribution in [3.05, 3.63) is 80.0 Å². The number of para-hydroxylation sites is 1. The molecule has 1 aromatic heterocycles. The minimum absolute atomic E-state index is 0.0889. The highest BCUT2D eigenvalue weighted by Crippen LogP contribution is 2.37. The van der Waals surface area contributed by atoms with Gasteiger partial charge in [-0.15, -0.1) is 0 Å². The van der Waals surface area contributed by atoms with Gasteiger partial charge in [0.05, 0.1) is 17.1 Å². The van der Waals surface area contributed by atoms with Crippen LogP contribution in [0.3, 0.4) is 0 Å². The van der Waals surface area contributed by atoms with Crippen LogP contribution in [-0.2, 0) is 6.54 Å². The van der Waals surface area contributed by atoms with Gasteiger partial charge in [-0.05, 0) is 36.8 Å². The summed E-state index contributed by atoms with van der Waals surface area (Å²) in [7, 11) is 0. The Kier molecular flexibility index (Phi) is 4.05. The van der Waals surface area contributed by atoms with Crippen LogP contribution in [0, 0.1) is 5.82 Å². The fourth-order valence-corrected chi connectivity index (χ4v) is 3.80. The summed E-state index contributed by atoms with van der Waals surface area (Å²) >= 11 is 0.979. The number of allylic oxidation sites excluding steroid dienone is 1. The second-order valence-corrected chi connectivity index (χ2v) is 7.03. The van der Waals surface area contributed by atoms with Gasteiger partial charge in [0.2, 0.25) is 5.88 Å². The van der Waals surface area contributed by atoms with Crippen molar-refractivity contribution in [3.63, 3.8) is 0 Å². The number of fused-ring (bicyclic) bond motifs is 1. The SMILES string of the molecule is CC1=Nc2ccccc2C1=Cc1sc(=O)n(Cc2ccc(F)cc2)c1O. The van der Waals surface area contributed by atoms with Gasteiger partial charge in [-0.1, -0.05) is 41.7 Å². The van der Waals surface area contributed by atoms with Gasteiger partial charge in [0.15, 0.2) is 0 Å². The van der Waals surface area contributed by atoms with Crippen molar-refractivity contribution < 1.29 is 9.50 Å². The third kappa shape index (κ3) is 2.88. The second-order valence-electron chi connectivity index (χ2n) is 6.04. The van der Waals surface area contributed by atoms with Crippen LogP contribution in [0.2, 0.25) is 0 Å². The number of halogens is 1. The lowest BCUT2D eigenvalue weighted by molar-refractivity contribution is 0.420. The van der Waals surface area contributed by atoms with Gasteiger partial charge >= 0.3 is 4.87 Å². The summed E-state index contributed by atoms with van der Waals surface area (Å²) in [6.07, 6.45) is 1.80. The Hall–Kier alpha value is -2.99. The van der Waals surface area contributed by atoms with Crippen molar-refractivity contribution in [2.45, 2.75) is 13.5 Å². The number of rotatable bonds is 3. The van der Waals surface area contributed by atoms with Crippen LogP contribution in [0.15, 0.2) is 58.3 Å². The van der Waals surface area contributed by atoms with E-state index in [1.54, 1.807) is 18.2 Å². The monoisotopic (exact) mass is 366 g/mol. The van der Waals surface area contributed by atoms with Crippen molar-refractivity contribution in [3.8, 4) is 5.88 Å². The van der Waals surface area contributed by atoms with Crippen LogP contribution in [0.5, 0.6) is 5.88 Å². The molecule has 0 saturated carbocycles. The molecule has 4 nitrogen and oxygen atoms in total. The van der Waals surface area contributed by atoms with Crippen LogP contribution in [0.4, 0.5) is 10.1 Å². The largest absolute Gasteiger partial charge is 0.493 e. The minimum atomic E-state index is -0.337. The number of benzene rings is 2. The van der Waals surface area contributed by atoms with Gasteiger partial charge in [-0.3, -0.25) is 14.4 Å². The number of nitrogens with zero attached hydrogens (tertiary/aromatic N) is 2. The van der Waals surface area contributed by atoms with Crippen molar-refractivity contribution >= 4 is 34.4 Å². The molecule has 0 fully saturated rings. The molecule has 2 heterocycles. The predicted molar refractivity (Wildman–Crippen MR) is 103 cm³/mol. The summed E-state index contributed by atoms with van der Waals surface area (Å²) in [6, 6.07) is 13.6. The first-order valence-electron chi connectivity index (χ1n) is 8.07. The van der Waals surface area contributed by atoms with Gasteiger partial charge in [0, 0.05) is 16.8 Å². The van der Waals surface area contributed by atoms with E-state index in [0.717, 1.165) is 39.4 Å². The summed E-state index contributed by atoms with van der Waals surface area (Å²) in [6.45, 7) is 2.09. The molecule has 0 aliphatic carbocycles. The fraction of sp³-hybridized carbons (Fsp3) is 0.100. The van der Waals surface area contributed by atoms with Crippen LogP contribution in [0.1, 0.15) is 22.9 Å². The quantitative estimate of drug-likeness (QED) is 0.745. The maximum atomic E-state index is 13.0. The van der Waals surface area contributed by atoms with E-state index in [1.807, 2.05) is 31.2 Å². The molecular formula is C20H15FN2O2S. The number of hydrogen-bond donors (Lipinski definition) is 1. The van der Waals surface area contributed by atoms with E-state index in [4.69, 9.17) is 0 Å². The van der Waals surface area contributed by atoms with Crippen LogP contribution >= 0.6 is 11.3 Å². The molecule has 0 bridgehead atoms. The summed E-state index contributed by atoms with van der Waals surface area (Å²) in [5.74, 6) is -0.426. The summed E-state index contributed by atoms with van der Waals surface area (Å²) in [4.78, 5) is 17.1. The van der Waals surface area contributed by atoms with E-state index in [9.17, 15) is 14.3 Å². The lowest BCUT2D eigenvalue weighted by Crippen LogP contribution is -2.13. The van der Waals surface area contributed by atoms with Gasteiger partial charge < -0.3 is 5.11 Å². The highest BCUT2D eigenvalue weighted by atomic mass is 32.1. The average Bonchev–Trinajstić information content (AvgIpc) is 3.08. The zero-order valence-corrected chi connectivity index (χ0v) is 14.8. The Labute approximate surface area is 153 Å². The molecule has 130 valence electrons. The van der Waals surface area contributed by atoms with E-state index in [2.05, 4.69) is 4.99 Å². The minimum Gasteiger partial charge on any atom is -0.493 e. The lowest BCUT2D eigenvalue weighted by Gasteiger charge is -2.04. The van der Waals surface area contributed by atoms with E-state index in [-0.39, 0.29) is 23.1 Å². The Morgan fingerprint density at radius 1 is 1.19 bits per heavy atom. The molecule has 26 heavy (non-hydrogen) atoms. The standard InChI is InChI=1S/C20H15FN2O2S/c1-12-16(15-4-2-3-5-17(15)22-12)10-18-19(24)23(20(25)26-18)11-13-6-8-14(21)9-7-13/h2-10,24H,11H2,1H3. The molecule has 0 radical (unpaired) electrons. The van der Waals surface area contributed by atoms with E-state index < -0.39 is 0 Å². The zero-order valence-electron chi connectivity index (χ0n) is 13.9. The molecule has 1 N–H and O–H groups in total. The number of aromatic hydroxyl groups is 1. The van der Waals surface area contributed by atoms with Crippen molar-refractivity contribution in [2.24, 2.45) is 4.99 Å². The molecular weight excluding hydrogens is 351 g/mol. The lowest BCUT2D eigenvalue weighted by atomic mass is 10.0. The Balaban J connectivity index is 1.72. The summed E-state index contributed by atoms with van der Waals surface area (Å²) < 4.78 is 14.3. The van der Waals surface area contributed by atoms with Gasteiger partial charge in [-0.25, -0.2) is 4.39 Å². The second kappa shape index (κ2) is 6.38. The number of aliphatic imine (C=N–C) groups is 1. The van der Waals surface area contributed by atoms with Crippen LogP contribution in [0.25, 0.3) is 11.6 Å². The molecule has 0 atom stereocenters. The van der Waals surface area contributed by atoms with Gasteiger partial charge in [-0.2, -0.15) is 0 Å². The summed E-state index contributed by atoms with van der Waals surface area (Å²) in [5, 5.41) is 10.5. The van der Waals surface area contributed by atoms with E-state index in [0.29, 0.717) is 4.88 Å². The third-order valence-electron chi connectivity index (χ3n) is 4.30. The first kappa shape index (κ1) is 16.5. The summed E-state index contributed by atoms with van der Waals surface area (Å²) in [5.41, 5.74) is 4.34. The average molecular weight is 366 g/mol. The molecule has 3 aromatic rings. The molecule has 0 spiro atoms. The number of thiazole rings is 1. The molecule has 4 rings (SSSR count). The van der Waals surface area contributed by atoms with Crippen molar-refractivity contribution in [1.82, 2.24) is 4.57 Å². The number of hydrogen-bond acceptors (Lipinski definition) is 4. The van der Waals surface area contributed by atoms with Crippen molar-refractivity contribution in [2.75, 3.05) is 0 Å². The van der Waals surface area contributed by atoms with Gasteiger partial charge in [0.1, 0.15) is 5.82 Å². The molecule has 0 saturated heterocycles. The molecule has 1 aliphatic rings. The fourth-order valence-electron chi connectivity index (χ4n) is 2.97. The molecule has 1 aliphatic heterocycles. The third-order valence-corrected chi connectivity index (χ3v) is 5.21. The normalized spacial score (nSPS) is 14.5. The van der Waals surface area contributed by atoms with Crippen LogP contribution in [-0.4, -0.2) is 15.4 Å². The first-order chi connectivity index (χ1) is 12.5. The maximum Gasteiger partial charge on any atom is 0.310 e.